The number of aromatic nitrogens is 3. The molecule has 4 rings (SSSR count). The lowest BCUT2D eigenvalue weighted by Crippen LogP contribution is -2.26. The number of ketones is 1. The van der Waals surface area contributed by atoms with Crippen LogP contribution in [0.1, 0.15) is 21.1 Å². The van der Waals surface area contributed by atoms with Crippen molar-refractivity contribution < 1.29 is 13.9 Å². The molecule has 0 radical (unpaired) electrons. The molecule has 1 N–H and O–H groups in total. The van der Waals surface area contributed by atoms with Crippen molar-refractivity contribution in [1.29, 1.82) is 0 Å². The van der Waals surface area contributed by atoms with Crippen molar-refractivity contribution in [3.63, 3.8) is 0 Å². The third kappa shape index (κ3) is 4.63. The molecule has 160 valence electrons. The normalized spacial score (nSPS) is 11.0. The summed E-state index contributed by atoms with van der Waals surface area (Å²) in [5.41, 5.74) is 0.221. The van der Waals surface area contributed by atoms with Gasteiger partial charge in [0.2, 0.25) is 5.78 Å². The second-order valence-electron chi connectivity index (χ2n) is 6.58. The number of pyridine rings is 1. The standard InChI is InChI=1S/C21H19ClN4O4S/c1-29-11-9-25-8-2-4-16(21(25)28)26-19(23-13-14-6-7-18(22)31-14)12-15(24-26)20(27)17-5-3-10-30-17/h2-8,10,12,23H,9,11,13H2,1H3. The predicted molar refractivity (Wildman–Crippen MR) is 118 cm³/mol. The molecule has 0 bridgehead atoms. The number of hydrogen-bond acceptors (Lipinski definition) is 7. The van der Waals surface area contributed by atoms with Crippen LogP contribution in [0.4, 0.5) is 5.82 Å². The van der Waals surface area contributed by atoms with Crippen LogP contribution in [0.25, 0.3) is 5.69 Å². The van der Waals surface area contributed by atoms with E-state index in [1.807, 2.05) is 12.1 Å². The summed E-state index contributed by atoms with van der Waals surface area (Å²) in [5.74, 6) is 0.300. The molecule has 4 heterocycles. The van der Waals surface area contributed by atoms with Crippen molar-refractivity contribution in [3.8, 4) is 5.69 Å². The van der Waals surface area contributed by atoms with Gasteiger partial charge in [-0.15, -0.1) is 11.3 Å². The maximum absolute atomic E-state index is 13.0. The van der Waals surface area contributed by atoms with Gasteiger partial charge < -0.3 is 19.0 Å². The summed E-state index contributed by atoms with van der Waals surface area (Å²) < 4.78 is 14.0. The fraction of sp³-hybridized carbons (Fsp3) is 0.190. The van der Waals surface area contributed by atoms with Crippen molar-refractivity contribution in [2.75, 3.05) is 19.0 Å². The number of furan rings is 1. The minimum atomic E-state index is -0.374. The third-order valence-electron chi connectivity index (χ3n) is 4.52. The summed E-state index contributed by atoms with van der Waals surface area (Å²) in [6.45, 7) is 1.26. The average molecular weight is 459 g/mol. The van der Waals surface area contributed by atoms with Crippen LogP contribution in [0.3, 0.4) is 0 Å². The van der Waals surface area contributed by atoms with Gasteiger partial charge in [-0.3, -0.25) is 9.59 Å². The molecule has 8 nitrogen and oxygen atoms in total. The first-order valence-electron chi connectivity index (χ1n) is 9.42. The number of nitrogens with one attached hydrogen (secondary N) is 1. The molecule has 0 saturated heterocycles. The highest BCUT2D eigenvalue weighted by Crippen LogP contribution is 2.24. The van der Waals surface area contributed by atoms with Gasteiger partial charge in [0.1, 0.15) is 17.2 Å². The maximum Gasteiger partial charge on any atom is 0.276 e. The Kier molecular flexibility index (Phi) is 6.36. The van der Waals surface area contributed by atoms with E-state index in [1.165, 1.54) is 26.8 Å². The monoisotopic (exact) mass is 458 g/mol. The summed E-state index contributed by atoms with van der Waals surface area (Å²) in [7, 11) is 1.58. The smallest absolute Gasteiger partial charge is 0.276 e. The lowest BCUT2D eigenvalue weighted by molar-refractivity contribution is 0.100. The van der Waals surface area contributed by atoms with E-state index in [-0.39, 0.29) is 22.8 Å². The van der Waals surface area contributed by atoms with Crippen LogP contribution in [0, 0.1) is 0 Å². The number of carbonyl (C=O) groups excluding carboxylic acids is 1. The van der Waals surface area contributed by atoms with Crippen LogP contribution in [0.15, 0.2) is 64.1 Å². The Hall–Kier alpha value is -3.14. The SMILES string of the molecule is COCCn1cccc(-n2nc(C(=O)c3ccco3)cc2NCc2ccc(Cl)s2)c1=O. The van der Waals surface area contributed by atoms with Crippen LogP contribution in [0.5, 0.6) is 0 Å². The number of thiophene rings is 1. The van der Waals surface area contributed by atoms with E-state index in [0.29, 0.717) is 35.5 Å². The molecule has 0 saturated carbocycles. The number of anilines is 1. The molecule has 0 aliphatic carbocycles. The van der Waals surface area contributed by atoms with Crippen molar-refractivity contribution in [1.82, 2.24) is 14.3 Å². The predicted octanol–water partition coefficient (Wildman–Crippen LogP) is 3.83. The van der Waals surface area contributed by atoms with Gasteiger partial charge >= 0.3 is 0 Å². The highest BCUT2D eigenvalue weighted by molar-refractivity contribution is 7.16. The Bertz CT molecular complexity index is 1240. The van der Waals surface area contributed by atoms with Crippen molar-refractivity contribution in [2.45, 2.75) is 13.1 Å². The quantitative estimate of drug-likeness (QED) is 0.383. The molecule has 0 amide bonds. The summed E-state index contributed by atoms with van der Waals surface area (Å²) in [5, 5.41) is 7.66. The Labute approximate surface area is 186 Å². The average Bonchev–Trinajstić information content (AvgIpc) is 3.52. The molecule has 0 unspecified atom stereocenters. The number of rotatable bonds is 9. The molecule has 0 aliphatic rings. The number of carbonyl (C=O) groups is 1. The largest absolute Gasteiger partial charge is 0.461 e. The molecular weight excluding hydrogens is 440 g/mol. The first-order chi connectivity index (χ1) is 15.1. The van der Waals surface area contributed by atoms with Crippen LogP contribution < -0.4 is 10.9 Å². The van der Waals surface area contributed by atoms with E-state index in [1.54, 1.807) is 43.6 Å². The molecule has 31 heavy (non-hydrogen) atoms. The lowest BCUT2D eigenvalue weighted by Gasteiger charge is -2.11. The van der Waals surface area contributed by atoms with Gasteiger partial charge in [0.05, 0.1) is 23.8 Å². The van der Waals surface area contributed by atoms with E-state index in [4.69, 9.17) is 20.8 Å². The number of methoxy groups -OCH3 is 1. The second-order valence-corrected chi connectivity index (χ2v) is 8.38. The third-order valence-corrected chi connectivity index (χ3v) is 5.76. The minimum Gasteiger partial charge on any atom is -0.461 e. The summed E-state index contributed by atoms with van der Waals surface area (Å²) >= 11 is 7.46. The molecular formula is C21H19ClN4O4S. The van der Waals surface area contributed by atoms with E-state index in [0.717, 1.165) is 4.88 Å². The summed E-state index contributed by atoms with van der Waals surface area (Å²) in [4.78, 5) is 26.8. The lowest BCUT2D eigenvalue weighted by atomic mass is 10.2. The zero-order valence-electron chi connectivity index (χ0n) is 16.6. The molecule has 0 fully saturated rings. The summed E-state index contributed by atoms with van der Waals surface area (Å²) in [6, 6.07) is 12.0. The Morgan fingerprint density at radius 1 is 1.29 bits per heavy atom. The number of halogens is 1. The van der Waals surface area contributed by atoms with Gasteiger partial charge in [-0.25, -0.2) is 4.68 Å². The zero-order valence-corrected chi connectivity index (χ0v) is 18.2. The minimum absolute atomic E-state index is 0.161. The van der Waals surface area contributed by atoms with E-state index < -0.39 is 0 Å². The van der Waals surface area contributed by atoms with E-state index in [2.05, 4.69) is 10.4 Å². The van der Waals surface area contributed by atoms with Crippen molar-refractivity contribution in [2.24, 2.45) is 0 Å². The fourth-order valence-electron chi connectivity index (χ4n) is 3.01. The van der Waals surface area contributed by atoms with Gasteiger partial charge in [-0.05, 0) is 36.4 Å². The van der Waals surface area contributed by atoms with Gasteiger partial charge in [-0.1, -0.05) is 11.6 Å². The molecule has 0 spiro atoms. The molecule has 10 heteroatoms. The highest BCUT2D eigenvalue weighted by atomic mass is 35.5. The van der Waals surface area contributed by atoms with E-state index in [9.17, 15) is 9.59 Å². The highest BCUT2D eigenvalue weighted by Gasteiger charge is 2.20. The molecule has 0 aliphatic heterocycles. The van der Waals surface area contributed by atoms with E-state index >= 15 is 0 Å². The fourth-order valence-corrected chi connectivity index (χ4v) is 4.04. The zero-order chi connectivity index (χ0) is 21.8. The van der Waals surface area contributed by atoms with Gasteiger partial charge in [0, 0.05) is 30.8 Å². The van der Waals surface area contributed by atoms with Crippen molar-refractivity contribution in [3.05, 3.63) is 85.9 Å². The number of nitrogens with zero attached hydrogens (tertiary/aromatic N) is 3. The molecule has 0 atom stereocenters. The van der Waals surface area contributed by atoms with Gasteiger partial charge in [-0.2, -0.15) is 5.10 Å². The Balaban J connectivity index is 1.72. The Morgan fingerprint density at radius 3 is 2.87 bits per heavy atom. The number of ether oxygens (including phenoxy) is 1. The summed E-state index contributed by atoms with van der Waals surface area (Å²) in [6.07, 6.45) is 3.11. The molecule has 4 aromatic heterocycles. The number of hydrogen-bond donors (Lipinski definition) is 1. The van der Waals surface area contributed by atoms with Crippen LogP contribution in [-0.2, 0) is 17.8 Å². The Morgan fingerprint density at radius 2 is 2.16 bits per heavy atom. The molecule has 4 aromatic rings. The first-order valence-corrected chi connectivity index (χ1v) is 10.6. The molecule has 0 aromatic carbocycles. The van der Waals surface area contributed by atoms with Crippen LogP contribution >= 0.6 is 22.9 Å². The van der Waals surface area contributed by atoms with Crippen molar-refractivity contribution >= 4 is 34.5 Å². The second kappa shape index (κ2) is 9.34. The van der Waals surface area contributed by atoms with Crippen LogP contribution in [-0.4, -0.2) is 33.8 Å². The topological polar surface area (TPSA) is 91.3 Å². The maximum atomic E-state index is 13.0. The van der Waals surface area contributed by atoms with Gasteiger partial charge in [0.15, 0.2) is 5.76 Å². The van der Waals surface area contributed by atoms with Gasteiger partial charge in [0.25, 0.3) is 5.56 Å². The first kappa shape index (κ1) is 21.1. The van der Waals surface area contributed by atoms with Crippen LogP contribution in [0.2, 0.25) is 4.34 Å².